The van der Waals surface area contributed by atoms with Crippen LogP contribution in [0.3, 0.4) is 0 Å². The molecule has 68 valence electrons. The van der Waals surface area contributed by atoms with E-state index in [0.717, 1.165) is 21.1 Å². The quantitative estimate of drug-likeness (QED) is 0.607. The van der Waals surface area contributed by atoms with Gasteiger partial charge in [0.25, 0.3) is 5.56 Å². The molecule has 0 bridgehead atoms. The van der Waals surface area contributed by atoms with E-state index >= 15 is 0 Å². The molecule has 14 heavy (non-hydrogen) atoms. The lowest BCUT2D eigenvalue weighted by Gasteiger charge is -1.96. The average Bonchev–Trinajstić information content (AvgIpc) is 2.67. The minimum Gasteiger partial charge on any atom is -0.320 e. The van der Waals surface area contributed by atoms with Crippen LogP contribution in [0.15, 0.2) is 34.6 Å². The molecule has 0 aliphatic heterocycles. The van der Waals surface area contributed by atoms with Crippen molar-refractivity contribution in [2.45, 2.75) is 0 Å². The molecule has 3 nitrogen and oxygen atoms in total. The third kappa shape index (κ3) is 0.914. The molecule has 3 heterocycles. The molecule has 1 N–H and O–H groups in total. The molecule has 0 amide bonds. The topological polar surface area (TPSA) is 45.8 Å². The van der Waals surface area contributed by atoms with E-state index in [1.165, 1.54) is 0 Å². The monoisotopic (exact) mass is 202 g/mol. The molecular weight excluding hydrogens is 196 g/mol. The van der Waals surface area contributed by atoms with Crippen LogP contribution in [0.25, 0.3) is 21.1 Å². The molecule has 3 aromatic heterocycles. The second-order valence-electron chi connectivity index (χ2n) is 3.02. The molecule has 0 saturated carbocycles. The van der Waals surface area contributed by atoms with Gasteiger partial charge in [0.1, 0.15) is 5.52 Å². The van der Waals surface area contributed by atoms with Gasteiger partial charge in [0.2, 0.25) is 0 Å². The van der Waals surface area contributed by atoms with Crippen molar-refractivity contribution >= 4 is 32.5 Å². The van der Waals surface area contributed by atoms with Gasteiger partial charge in [-0.2, -0.15) is 0 Å². The highest BCUT2D eigenvalue weighted by atomic mass is 32.1. The Morgan fingerprint density at radius 3 is 3.21 bits per heavy atom. The second-order valence-corrected chi connectivity index (χ2v) is 3.93. The number of aromatic amines is 1. The maximum absolute atomic E-state index is 11.6. The average molecular weight is 202 g/mol. The normalized spacial score (nSPS) is 11.1. The van der Waals surface area contributed by atoms with Gasteiger partial charge in [-0.1, -0.05) is 0 Å². The SMILES string of the molecule is O=c1[nH]c2cccnc2c2sccc12. The lowest BCUT2D eigenvalue weighted by molar-refractivity contribution is 1.31. The molecule has 0 saturated heterocycles. The fourth-order valence-electron chi connectivity index (χ4n) is 1.55. The summed E-state index contributed by atoms with van der Waals surface area (Å²) in [6, 6.07) is 5.51. The second kappa shape index (κ2) is 2.65. The summed E-state index contributed by atoms with van der Waals surface area (Å²) in [5.74, 6) is 0. The zero-order valence-electron chi connectivity index (χ0n) is 7.15. The number of hydrogen-bond acceptors (Lipinski definition) is 3. The molecule has 4 heteroatoms. The number of nitrogens with zero attached hydrogens (tertiary/aromatic N) is 1. The standard InChI is InChI=1S/C10H6N2OS/c13-10-6-3-5-14-9(6)8-7(12-10)2-1-4-11-8/h1-5H,(H,12,13). The fraction of sp³-hybridized carbons (Fsp3) is 0. The third-order valence-electron chi connectivity index (χ3n) is 2.18. The van der Waals surface area contributed by atoms with Gasteiger partial charge < -0.3 is 4.98 Å². The summed E-state index contributed by atoms with van der Waals surface area (Å²) in [5.41, 5.74) is 1.63. The van der Waals surface area contributed by atoms with Crippen molar-refractivity contribution in [3.05, 3.63) is 40.1 Å². The van der Waals surface area contributed by atoms with Crippen LogP contribution in [0.1, 0.15) is 0 Å². The van der Waals surface area contributed by atoms with Gasteiger partial charge in [0, 0.05) is 6.20 Å². The van der Waals surface area contributed by atoms with Crippen LogP contribution in [0.2, 0.25) is 0 Å². The first-order chi connectivity index (χ1) is 6.86. The van der Waals surface area contributed by atoms with Crippen LogP contribution in [-0.2, 0) is 0 Å². The van der Waals surface area contributed by atoms with E-state index in [1.54, 1.807) is 17.5 Å². The number of hydrogen-bond donors (Lipinski definition) is 1. The summed E-state index contributed by atoms with van der Waals surface area (Å²) in [7, 11) is 0. The molecule has 0 spiro atoms. The smallest absolute Gasteiger partial charge is 0.257 e. The van der Waals surface area contributed by atoms with Crippen LogP contribution in [-0.4, -0.2) is 9.97 Å². The first kappa shape index (κ1) is 7.70. The molecule has 3 aromatic rings. The van der Waals surface area contributed by atoms with Crippen molar-refractivity contribution in [2.75, 3.05) is 0 Å². The van der Waals surface area contributed by atoms with E-state index in [9.17, 15) is 4.79 Å². The first-order valence-electron chi connectivity index (χ1n) is 4.20. The molecule has 0 atom stereocenters. The van der Waals surface area contributed by atoms with Crippen molar-refractivity contribution in [2.24, 2.45) is 0 Å². The summed E-state index contributed by atoms with van der Waals surface area (Å²) < 4.78 is 0.962. The number of pyridine rings is 2. The first-order valence-corrected chi connectivity index (χ1v) is 5.08. The van der Waals surface area contributed by atoms with Crippen LogP contribution >= 0.6 is 11.3 Å². The number of thiophene rings is 1. The largest absolute Gasteiger partial charge is 0.320 e. The fourth-order valence-corrected chi connectivity index (χ4v) is 2.45. The summed E-state index contributed by atoms with van der Waals surface area (Å²) >= 11 is 1.55. The van der Waals surface area contributed by atoms with Crippen molar-refractivity contribution in [3.63, 3.8) is 0 Å². The van der Waals surface area contributed by atoms with Crippen molar-refractivity contribution in [1.29, 1.82) is 0 Å². The molecule has 3 rings (SSSR count). The maximum Gasteiger partial charge on any atom is 0.257 e. The molecule has 0 aliphatic carbocycles. The van der Waals surface area contributed by atoms with E-state index in [4.69, 9.17) is 0 Å². The Balaban J connectivity index is 2.73. The molecular formula is C10H6N2OS. The number of aromatic nitrogens is 2. The summed E-state index contributed by atoms with van der Waals surface area (Å²) in [4.78, 5) is 18.6. The van der Waals surface area contributed by atoms with Gasteiger partial charge in [0.05, 0.1) is 15.6 Å². The Morgan fingerprint density at radius 2 is 2.29 bits per heavy atom. The van der Waals surface area contributed by atoms with Crippen molar-refractivity contribution < 1.29 is 0 Å². The van der Waals surface area contributed by atoms with Crippen molar-refractivity contribution in [3.8, 4) is 0 Å². The Kier molecular flexibility index (Phi) is 1.46. The van der Waals surface area contributed by atoms with E-state index in [0.29, 0.717) is 0 Å². The van der Waals surface area contributed by atoms with Gasteiger partial charge in [-0.25, -0.2) is 0 Å². The Labute approximate surface area is 83.0 Å². The predicted octanol–water partition coefficient (Wildman–Crippen LogP) is 2.14. The molecule has 0 aromatic carbocycles. The van der Waals surface area contributed by atoms with Gasteiger partial charge in [-0.3, -0.25) is 9.78 Å². The van der Waals surface area contributed by atoms with Crippen LogP contribution in [0.5, 0.6) is 0 Å². The van der Waals surface area contributed by atoms with Gasteiger partial charge in [-0.05, 0) is 23.6 Å². The Hall–Kier alpha value is -1.68. The van der Waals surface area contributed by atoms with Gasteiger partial charge >= 0.3 is 0 Å². The van der Waals surface area contributed by atoms with Gasteiger partial charge in [-0.15, -0.1) is 11.3 Å². The Bertz CT molecular complexity index is 668. The zero-order valence-corrected chi connectivity index (χ0v) is 7.97. The van der Waals surface area contributed by atoms with E-state index in [1.807, 2.05) is 23.6 Å². The third-order valence-corrected chi connectivity index (χ3v) is 3.10. The molecule has 0 fully saturated rings. The number of nitrogens with one attached hydrogen (secondary N) is 1. The zero-order chi connectivity index (χ0) is 9.54. The highest BCUT2D eigenvalue weighted by molar-refractivity contribution is 7.18. The number of rotatable bonds is 0. The predicted molar refractivity (Wildman–Crippen MR) is 57.7 cm³/mol. The van der Waals surface area contributed by atoms with Crippen LogP contribution in [0.4, 0.5) is 0 Å². The van der Waals surface area contributed by atoms with Crippen molar-refractivity contribution in [1.82, 2.24) is 9.97 Å². The van der Waals surface area contributed by atoms with E-state index in [-0.39, 0.29) is 5.56 Å². The lowest BCUT2D eigenvalue weighted by atomic mass is 10.2. The van der Waals surface area contributed by atoms with E-state index in [2.05, 4.69) is 9.97 Å². The minimum absolute atomic E-state index is 0.0400. The maximum atomic E-state index is 11.6. The van der Waals surface area contributed by atoms with E-state index < -0.39 is 0 Å². The molecule has 0 aliphatic rings. The van der Waals surface area contributed by atoms with Crippen LogP contribution in [0, 0.1) is 0 Å². The van der Waals surface area contributed by atoms with Crippen LogP contribution < -0.4 is 5.56 Å². The molecule has 0 radical (unpaired) electrons. The Morgan fingerprint density at radius 1 is 1.36 bits per heavy atom. The summed E-state index contributed by atoms with van der Waals surface area (Å²) in [6.45, 7) is 0. The van der Waals surface area contributed by atoms with Gasteiger partial charge in [0.15, 0.2) is 0 Å². The summed E-state index contributed by atoms with van der Waals surface area (Å²) in [6.07, 6.45) is 1.74. The number of fused-ring (bicyclic) bond motifs is 3. The summed E-state index contributed by atoms with van der Waals surface area (Å²) in [5, 5.41) is 2.63. The molecule has 0 unspecified atom stereocenters. The highest BCUT2D eigenvalue weighted by Crippen LogP contribution is 2.23. The lowest BCUT2D eigenvalue weighted by Crippen LogP contribution is -2.04. The highest BCUT2D eigenvalue weighted by Gasteiger charge is 2.05. The minimum atomic E-state index is -0.0400. The number of H-pyrrole nitrogens is 1.